The van der Waals surface area contributed by atoms with E-state index in [1.807, 2.05) is 0 Å². The fourth-order valence-electron chi connectivity index (χ4n) is 2.45. The van der Waals surface area contributed by atoms with Gasteiger partial charge in [0.1, 0.15) is 0 Å². The minimum Gasteiger partial charge on any atom is -0.228 e. The summed E-state index contributed by atoms with van der Waals surface area (Å²) >= 11 is 0. The van der Waals surface area contributed by atoms with E-state index in [1.54, 1.807) is 13.8 Å². The van der Waals surface area contributed by atoms with E-state index in [2.05, 4.69) is 13.8 Å². The second-order valence-corrected chi connectivity index (χ2v) is 7.95. The van der Waals surface area contributed by atoms with Crippen LogP contribution in [-0.2, 0) is 10.0 Å². The van der Waals surface area contributed by atoms with Gasteiger partial charge in [0.2, 0.25) is 10.0 Å². The molecule has 1 atom stereocenters. The van der Waals surface area contributed by atoms with Crippen molar-refractivity contribution in [2.24, 2.45) is 11.1 Å². The van der Waals surface area contributed by atoms with Gasteiger partial charge >= 0.3 is 0 Å². The zero-order valence-corrected chi connectivity index (χ0v) is 13.4. The summed E-state index contributed by atoms with van der Waals surface area (Å²) < 4.78 is 22.4. The van der Waals surface area contributed by atoms with E-state index in [4.69, 9.17) is 5.14 Å². The SMILES string of the molecule is CCCCCCCCC(CC)C(C)(C)S(N)(=O)=O. The molecule has 0 fully saturated rings. The smallest absolute Gasteiger partial charge is 0.214 e. The molecule has 0 aliphatic heterocycles. The Bertz CT molecular complexity index is 310. The Morgan fingerprint density at radius 3 is 1.94 bits per heavy atom. The molecule has 0 saturated carbocycles. The third-order valence-corrected chi connectivity index (χ3v) is 5.92. The van der Waals surface area contributed by atoms with Crippen molar-refractivity contribution in [3.63, 3.8) is 0 Å². The van der Waals surface area contributed by atoms with Gasteiger partial charge in [-0.3, -0.25) is 0 Å². The molecule has 0 aliphatic carbocycles. The predicted molar refractivity (Wildman–Crippen MR) is 79.0 cm³/mol. The lowest BCUT2D eigenvalue weighted by Crippen LogP contribution is -2.44. The number of hydrogen-bond donors (Lipinski definition) is 1. The molecule has 0 amide bonds. The average Bonchev–Trinajstić information content (AvgIpc) is 2.26. The van der Waals surface area contributed by atoms with Gasteiger partial charge in [-0.25, -0.2) is 13.6 Å². The summed E-state index contributed by atoms with van der Waals surface area (Å²) in [6.07, 6.45) is 9.28. The standard InChI is InChI=1S/C14H31NO2S/c1-5-7-8-9-10-11-12-13(6-2)14(3,4)18(15,16)17/h13H,5-12H2,1-4H3,(H2,15,16,17). The topological polar surface area (TPSA) is 60.2 Å². The number of rotatable bonds is 10. The van der Waals surface area contributed by atoms with Crippen molar-refractivity contribution in [1.82, 2.24) is 0 Å². The van der Waals surface area contributed by atoms with Crippen molar-refractivity contribution < 1.29 is 8.42 Å². The quantitative estimate of drug-likeness (QED) is 0.617. The first-order valence-electron chi connectivity index (χ1n) is 7.29. The highest BCUT2D eigenvalue weighted by Gasteiger charge is 2.38. The van der Waals surface area contributed by atoms with Crippen LogP contribution in [0.3, 0.4) is 0 Å². The van der Waals surface area contributed by atoms with E-state index in [1.165, 1.54) is 32.1 Å². The highest BCUT2D eigenvalue weighted by molar-refractivity contribution is 7.90. The van der Waals surface area contributed by atoms with Crippen LogP contribution in [-0.4, -0.2) is 13.2 Å². The van der Waals surface area contributed by atoms with Crippen LogP contribution in [0.4, 0.5) is 0 Å². The van der Waals surface area contributed by atoms with Crippen LogP contribution >= 0.6 is 0 Å². The van der Waals surface area contributed by atoms with Gasteiger partial charge in [-0.1, -0.05) is 58.8 Å². The van der Waals surface area contributed by atoms with Gasteiger partial charge in [-0.2, -0.15) is 0 Å². The van der Waals surface area contributed by atoms with Crippen molar-refractivity contribution in [2.45, 2.75) is 83.8 Å². The number of nitrogens with two attached hydrogens (primary N) is 1. The lowest BCUT2D eigenvalue weighted by atomic mass is 9.87. The molecular formula is C14H31NO2S. The second kappa shape index (κ2) is 8.16. The number of hydrogen-bond acceptors (Lipinski definition) is 2. The Hall–Kier alpha value is -0.0900. The molecule has 0 heterocycles. The molecule has 0 radical (unpaired) electrons. The minimum atomic E-state index is -3.46. The van der Waals surface area contributed by atoms with Crippen LogP contribution in [0.5, 0.6) is 0 Å². The van der Waals surface area contributed by atoms with Gasteiger partial charge in [0.15, 0.2) is 0 Å². The minimum absolute atomic E-state index is 0.165. The summed E-state index contributed by atoms with van der Waals surface area (Å²) in [5, 5.41) is 5.33. The maximum absolute atomic E-state index is 11.6. The lowest BCUT2D eigenvalue weighted by Gasteiger charge is -2.31. The van der Waals surface area contributed by atoms with Crippen molar-refractivity contribution >= 4 is 10.0 Å². The van der Waals surface area contributed by atoms with Crippen LogP contribution in [0, 0.1) is 5.92 Å². The molecule has 18 heavy (non-hydrogen) atoms. The van der Waals surface area contributed by atoms with Crippen LogP contribution in [0.15, 0.2) is 0 Å². The second-order valence-electron chi connectivity index (χ2n) is 5.81. The predicted octanol–water partition coefficient (Wildman–Crippen LogP) is 3.83. The monoisotopic (exact) mass is 277 g/mol. The highest BCUT2D eigenvalue weighted by atomic mass is 32.2. The van der Waals surface area contributed by atoms with Crippen LogP contribution < -0.4 is 5.14 Å². The molecule has 110 valence electrons. The molecule has 2 N–H and O–H groups in total. The molecule has 0 rings (SSSR count). The van der Waals surface area contributed by atoms with Gasteiger partial charge < -0.3 is 0 Å². The van der Waals surface area contributed by atoms with E-state index < -0.39 is 14.8 Å². The van der Waals surface area contributed by atoms with Gasteiger partial charge in [0.05, 0.1) is 4.75 Å². The molecule has 1 unspecified atom stereocenters. The van der Waals surface area contributed by atoms with Gasteiger partial charge in [-0.05, 0) is 26.2 Å². The number of unbranched alkanes of at least 4 members (excludes halogenated alkanes) is 5. The summed E-state index contributed by atoms with van der Waals surface area (Å²) in [6, 6.07) is 0. The summed E-state index contributed by atoms with van der Waals surface area (Å²) in [4.78, 5) is 0. The Morgan fingerprint density at radius 2 is 1.50 bits per heavy atom. The first-order valence-corrected chi connectivity index (χ1v) is 8.84. The lowest BCUT2D eigenvalue weighted by molar-refractivity contribution is 0.348. The van der Waals surface area contributed by atoms with E-state index in [0.717, 1.165) is 19.3 Å². The van der Waals surface area contributed by atoms with Gasteiger partial charge in [0.25, 0.3) is 0 Å². The number of primary sulfonamides is 1. The van der Waals surface area contributed by atoms with E-state index >= 15 is 0 Å². The Labute approximate surface area is 114 Å². The maximum Gasteiger partial charge on any atom is 0.214 e. The normalized spacial score (nSPS) is 14.7. The zero-order valence-electron chi connectivity index (χ0n) is 12.5. The molecule has 0 saturated heterocycles. The van der Waals surface area contributed by atoms with Gasteiger partial charge in [0, 0.05) is 0 Å². The first-order chi connectivity index (χ1) is 8.27. The summed E-state index contributed by atoms with van der Waals surface area (Å²) in [5.74, 6) is 0.165. The summed E-state index contributed by atoms with van der Waals surface area (Å²) in [7, 11) is -3.46. The Balaban J connectivity index is 4.13. The molecule has 3 nitrogen and oxygen atoms in total. The Morgan fingerprint density at radius 1 is 1.00 bits per heavy atom. The molecule has 0 aromatic heterocycles. The fourth-order valence-corrected chi connectivity index (χ4v) is 3.20. The fraction of sp³-hybridized carbons (Fsp3) is 1.00. The molecule has 0 aliphatic rings. The number of sulfonamides is 1. The molecule has 0 bridgehead atoms. The van der Waals surface area contributed by atoms with Crippen molar-refractivity contribution in [1.29, 1.82) is 0 Å². The third-order valence-electron chi connectivity index (χ3n) is 4.12. The van der Waals surface area contributed by atoms with Crippen molar-refractivity contribution in [2.75, 3.05) is 0 Å². The molecule has 0 aromatic rings. The van der Waals surface area contributed by atoms with Crippen LogP contribution in [0.1, 0.15) is 79.1 Å². The third kappa shape index (κ3) is 5.70. The van der Waals surface area contributed by atoms with Gasteiger partial charge in [-0.15, -0.1) is 0 Å². The van der Waals surface area contributed by atoms with Crippen LogP contribution in [0.25, 0.3) is 0 Å². The Kier molecular flexibility index (Phi) is 8.11. The summed E-state index contributed by atoms with van der Waals surface area (Å²) in [6.45, 7) is 7.78. The largest absolute Gasteiger partial charge is 0.228 e. The zero-order chi connectivity index (χ0) is 14.2. The van der Waals surface area contributed by atoms with E-state index in [9.17, 15) is 8.42 Å². The average molecular weight is 277 g/mol. The first kappa shape index (κ1) is 17.9. The van der Waals surface area contributed by atoms with Crippen molar-refractivity contribution in [3.8, 4) is 0 Å². The van der Waals surface area contributed by atoms with Crippen molar-refractivity contribution in [3.05, 3.63) is 0 Å². The molecule has 0 aromatic carbocycles. The molecular weight excluding hydrogens is 246 g/mol. The molecule has 4 heteroatoms. The molecule has 0 spiro atoms. The van der Waals surface area contributed by atoms with E-state index in [0.29, 0.717) is 0 Å². The summed E-state index contributed by atoms with van der Waals surface area (Å²) in [5.41, 5.74) is 0. The van der Waals surface area contributed by atoms with E-state index in [-0.39, 0.29) is 5.92 Å². The van der Waals surface area contributed by atoms with Crippen LogP contribution in [0.2, 0.25) is 0 Å². The maximum atomic E-state index is 11.6. The highest BCUT2D eigenvalue weighted by Crippen LogP contribution is 2.31.